The van der Waals surface area contributed by atoms with Gasteiger partial charge in [0.1, 0.15) is 18.0 Å². The van der Waals surface area contributed by atoms with Crippen molar-refractivity contribution in [2.24, 2.45) is 0 Å². The molecule has 0 aromatic heterocycles. The van der Waals surface area contributed by atoms with Gasteiger partial charge in [-0.2, -0.15) is 0 Å². The van der Waals surface area contributed by atoms with Crippen LogP contribution in [0.2, 0.25) is 0 Å². The van der Waals surface area contributed by atoms with E-state index in [-0.39, 0.29) is 17.4 Å². The first-order valence-corrected chi connectivity index (χ1v) is 12.9. The zero-order valence-corrected chi connectivity index (χ0v) is 21.3. The molecule has 0 saturated carbocycles. The largest absolute Gasteiger partial charge is 0.496 e. The lowest BCUT2D eigenvalue weighted by Gasteiger charge is -2.29. The summed E-state index contributed by atoms with van der Waals surface area (Å²) in [6.45, 7) is 2.70. The molecule has 9 heteroatoms. The molecule has 8 nitrogen and oxygen atoms in total. The average Bonchev–Trinajstić information content (AvgIpc) is 3.53. The summed E-state index contributed by atoms with van der Waals surface area (Å²) >= 11 is 0.837. The number of imide groups is 1. The van der Waals surface area contributed by atoms with Crippen LogP contribution in [0, 0.1) is 0 Å². The van der Waals surface area contributed by atoms with Crippen LogP contribution in [0.3, 0.4) is 0 Å². The molecule has 3 aliphatic rings. The third kappa shape index (κ3) is 4.67. The first-order chi connectivity index (χ1) is 17.5. The van der Waals surface area contributed by atoms with Gasteiger partial charge in [-0.05, 0) is 54.3 Å². The summed E-state index contributed by atoms with van der Waals surface area (Å²) in [5, 5.41) is -0.448. The number of thioether (sulfide) groups is 1. The van der Waals surface area contributed by atoms with Crippen LogP contribution >= 0.6 is 11.8 Å². The van der Waals surface area contributed by atoms with Crippen LogP contribution in [0.15, 0.2) is 41.3 Å². The number of benzene rings is 2. The normalized spacial score (nSPS) is 18.7. The number of hydrogen-bond donors (Lipinski definition) is 0. The summed E-state index contributed by atoms with van der Waals surface area (Å²) in [4.78, 5) is 44.1. The van der Waals surface area contributed by atoms with Gasteiger partial charge in [0.15, 0.2) is 0 Å². The number of carbonyl (C=O) groups excluding carboxylic acids is 3. The maximum Gasteiger partial charge on any atom is 0.294 e. The molecule has 2 aromatic carbocycles. The van der Waals surface area contributed by atoms with Gasteiger partial charge >= 0.3 is 0 Å². The predicted molar refractivity (Wildman–Crippen MR) is 139 cm³/mol. The summed E-state index contributed by atoms with van der Waals surface area (Å²) in [5.41, 5.74) is 3.92. The summed E-state index contributed by atoms with van der Waals surface area (Å²) < 4.78 is 11.2. The van der Waals surface area contributed by atoms with Crippen molar-refractivity contribution in [1.29, 1.82) is 0 Å². The Bertz CT molecular complexity index is 1240. The second kappa shape index (κ2) is 10.3. The Morgan fingerprint density at radius 1 is 1.00 bits per heavy atom. The molecule has 0 bridgehead atoms. The SMILES string of the molecule is COc1cc(N2CCCC2)c(OC)cc1/C=C1\SC(=O)N(CC(=O)N2CCc3ccccc3C2)C1=O. The zero-order chi connectivity index (χ0) is 25.2. The molecule has 0 N–H and O–H groups in total. The smallest absolute Gasteiger partial charge is 0.294 e. The quantitative estimate of drug-likeness (QED) is 0.548. The van der Waals surface area contributed by atoms with Crippen LogP contribution in [0.1, 0.15) is 29.5 Å². The van der Waals surface area contributed by atoms with Crippen molar-refractivity contribution in [3.8, 4) is 11.5 Å². The minimum absolute atomic E-state index is 0.234. The Hall–Kier alpha value is -3.46. The van der Waals surface area contributed by atoms with Gasteiger partial charge in [-0.1, -0.05) is 24.3 Å². The van der Waals surface area contributed by atoms with Crippen LogP contribution in [0.4, 0.5) is 10.5 Å². The van der Waals surface area contributed by atoms with Crippen molar-refractivity contribution in [2.75, 3.05) is 45.3 Å². The van der Waals surface area contributed by atoms with Gasteiger partial charge in [0.05, 0.1) is 24.8 Å². The van der Waals surface area contributed by atoms with Crippen LogP contribution in [-0.2, 0) is 22.6 Å². The average molecular weight is 508 g/mol. The molecule has 3 heterocycles. The molecule has 0 radical (unpaired) electrons. The van der Waals surface area contributed by atoms with Crippen molar-refractivity contribution in [3.63, 3.8) is 0 Å². The van der Waals surface area contributed by atoms with E-state index in [1.165, 1.54) is 5.56 Å². The van der Waals surface area contributed by atoms with E-state index in [1.54, 1.807) is 25.2 Å². The van der Waals surface area contributed by atoms with E-state index in [0.717, 1.165) is 60.3 Å². The first kappa shape index (κ1) is 24.2. The lowest BCUT2D eigenvalue weighted by molar-refractivity contribution is -0.136. The number of amides is 3. The Kier molecular flexibility index (Phi) is 6.91. The van der Waals surface area contributed by atoms with E-state index >= 15 is 0 Å². The van der Waals surface area contributed by atoms with Gasteiger partial charge in [-0.25, -0.2) is 0 Å². The molecule has 188 valence electrons. The van der Waals surface area contributed by atoms with Crippen molar-refractivity contribution < 1.29 is 23.9 Å². The molecular weight excluding hydrogens is 478 g/mol. The summed E-state index contributed by atoms with van der Waals surface area (Å²) in [6.07, 6.45) is 4.66. The van der Waals surface area contributed by atoms with E-state index in [9.17, 15) is 14.4 Å². The Morgan fingerprint density at radius 2 is 1.72 bits per heavy atom. The Morgan fingerprint density at radius 3 is 2.44 bits per heavy atom. The van der Waals surface area contributed by atoms with Gasteiger partial charge in [0.25, 0.3) is 11.1 Å². The van der Waals surface area contributed by atoms with Crippen LogP contribution in [-0.4, -0.2) is 67.3 Å². The maximum atomic E-state index is 13.1. The lowest BCUT2D eigenvalue weighted by Crippen LogP contribution is -2.44. The number of nitrogens with zero attached hydrogens (tertiary/aromatic N) is 3. The van der Waals surface area contributed by atoms with Gasteiger partial charge in [0, 0.05) is 37.8 Å². The lowest BCUT2D eigenvalue weighted by atomic mass is 10.00. The van der Waals surface area contributed by atoms with E-state index in [1.807, 2.05) is 30.3 Å². The standard InChI is InChI=1S/C27H29N3O5S/c1-34-22-15-21(28-10-5-6-11-28)23(35-2)13-20(22)14-24-26(32)30(27(33)36-24)17-25(31)29-12-9-18-7-3-4-8-19(18)16-29/h3-4,7-8,13-15H,5-6,9-12,16-17H2,1-2H3/b24-14-. The fraction of sp³-hybridized carbons (Fsp3) is 0.370. The minimum atomic E-state index is -0.472. The molecule has 5 rings (SSSR count). The monoisotopic (exact) mass is 507 g/mol. The summed E-state index contributed by atoms with van der Waals surface area (Å²) in [7, 11) is 3.19. The molecular formula is C27H29N3O5S. The highest BCUT2D eigenvalue weighted by atomic mass is 32.2. The van der Waals surface area contributed by atoms with Crippen molar-refractivity contribution in [3.05, 3.63) is 58.0 Å². The van der Waals surface area contributed by atoms with Gasteiger partial charge in [-0.3, -0.25) is 19.3 Å². The fourth-order valence-corrected chi connectivity index (χ4v) is 5.77. The molecule has 0 aliphatic carbocycles. The molecule has 3 amide bonds. The zero-order valence-electron chi connectivity index (χ0n) is 20.5. The van der Waals surface area contributed by atoms with Gasteiger partial charge < -0.3 is 19.3 Å². The van der Waals surface area contributed by atoms with Crippen molar-refractivity contribution in [2.45, 2.75) is 25.8 Å². The van der Waals surface area contributed by atoms with Gasteiger partial charge in [-0.15, -0.1) is 0 Å². The van der Waals surface area contributed by atoms with Gasteiger partial charge in [0.2, 0.25) is 5.91 Å². The number of hydrogen-bond acceptors (Lipinski definition) is 7. The molecule has 0 spiro atoms. The highest BCUT2D eigenvalue weighted by molar-refractivity contribution is 8.18. The second-order valence-electron chi connectivity index (χ2n) is 9.06. The topological polar surface area (TPSA) is 79.4 Å². The third-order valence-electron chi connectivity index (χ3n) is 6.91. The molecule has 0 unspecified atom stereocenters. The summed E-state index contributed by atoms with van der Waals surface area (Å²) in [6, 6.07) is 11.8. The molecule has 2 fully saturated rings. The Labute approximate surface area is 214 Å². The van der Waals surface area contributed by atoms with Crippen molar-refractivity contribution in [1.82, 2.24) is 9.80 Å². The molecule has 2 saturated heterocycles. The van der Waals surface area contributed by atoms with E-state index in [2.05, 4.69) is 11.0 Å². The highest BCUT2D eigenvalue weighted by Crippen LogP contribution is 2.40. The van der Waals surface area contributed by atoms with Crippen LogP contribution in [0.25, 0.3) is 6.08 Å². The van der Waals surface area contributed by atoms with Crippen LogP contribution in [0.5, 0.6) is 11.5 Å². The number of fused-ring (bicyclic) bond motifs is 1. The number of rotatable bonds is 6. The highest BCUT2D eigenvalue weighted by Gasteiger charge is 2.37. The maximum absolute atomic E-state index is 13.1. The molecule has 0 atom stereocenters. The fourth-order valence-electron chi connectivity index (χ4n) is 4.94. The molecule has 3 aliphatic heterocycles. The predicted octanol–water partition coefficient (Wildman–Crippen LogP) is 3.93. The van der Waals surface area contributed by atoms with Crippen LogP contribution < -0.4 is 14.4 Å². The van der Waals surface area contributed by atoms with E-state index < -0.39 is 11.1 Å². The second-order valence-corrected chi connectivity index (χ2v) is 10.1. The number of ether oxygens (including phenoxy) is 2. The molecule has 36 heavy (non-hydrogen) atoms. The van der Waals surface area contributed by atoms with Crippen molar-refractivity contribution >= 4 is 40.6 Å². The number of methoxy groups -OCH3 is 2. The third-order valence-corrected chi connectivity index (χ3v) is 7.82. The molecule has 2 aromatic rings. The van der Waals surface area contributed by atoms with E-state index in [0.29, 0.717) is 30.2 Å². The minimum Gasteiger partial charge on any atom is -0.496 e. The first-order valence-electron chi connectivity index (χ1n) is 12.1. The number of carbonyl (C=O) groups is 3. The van der Waals surface area contributed by atoms with E-state index in [4.69, 9.17) is 9.47 Å². The summed E-state index contributed by atoms with van der Waals surface area (Å²) in [5.74, 6) is 0.568. The Balaban J connectivity index is 1.33. The number of anilines is 1.